The van der Waals surface area contributed by atoms with Crippen LogP contribution in [0.2, 0.25) is 0 Å². The smallest absolute Gasteiger partial charge is 0.170 e. The van der Waals surface area contributed by atoms with Gasteiger partial charge in [0.25, 0.3) is 0 Å². The molecule has 5 heteroatoms. The van der Waals surface area contributed by atoms with Crippen molar-refractivity contribution in [3.05, 3.63) is 95.9 Å². The zero-order valence-corrected chi connectivity index (χ0v) is 15.5. The van der Waals surface area contributed by atoms with Crippen molar-refractivity contribution in [1.82, 2.24) is 14.5 Å². The van der Waals surface area contributed by atoms with E-state index < -0.39 is 0 Å². The molecule has 0 unspecified atom stereocenters. The summed E-state index contributed by atoms with van der Waals surface area (Å²) in [6, 6.07) is 18.8. The molecular formula is C22H18FN3S. The number of pyridine rings is 1. The lowest BCUT2D eigenvalue weighted by Gasteiger charge is -2.09. The molecule has 0 saturated heterocycles. The summed E-state index contributed by atoms with van der Waals surface area (Å²) in [4.78, 5) is 9.27. The monoisotopic (exact) mass is 375 g/mol. The zero-order chi connectivity index (χ0) is 18.6. The Morgan fingerprint density at radius 2 is 1.74 bits per heavy atom. The highest BCUT2D eigenvalue weighted by Gasteiger charge is 2.13. The molecule has 0 aliphatic heterocycles. The van der Waals surface area contributed by atoms with E-state index in [1.54, 1.807) is 18.0 Å². The Balaban J connectivity index is 1.63. The maximum Gasteiger partial charge on any atom is 0.170 e. The Bertz CT molecular complexity index is 1070. The Kier molecular flexibility index (Phi) is 5.03. The summed E-state index contributed by atoms with van der Waals surface area (Å²) < 4.78 is 15.2. The van der Waals surface area contributed by atoms with Crippen molar-refractivity contribution >= 4 is 29.0 Å². The molecule has 134 valence electrons. The Hall–Kier alpha value is -2.92. The predicted octanol–water partition coefficient (Wildman–Crippen LogP) is 5.55. The second-order valence-corrected chi connectivity index (χ2v) is 7.13. The van der Waals surface area contributed by atoms with Gasteiger partial charge in [0.05, 0.1) is 6.54 Å². The van der Waals surface area contributed by atoms with E-state index in [1.807, 2.05) is 30.3 Å². The molecule has 0 saturated carbocycles. The van der Waals surface area contributed by atoms with E-state index in [2.05, 4.69) is 40.4 Å². The van der Waals surface area contributed by atoms with Crippen molar-refractivity contribution in [3.8, 4) is 0 Å². The topological polar surface area (TPSA) is 30.7 Å². The first-order valence-corrected chi connectivity index (χ1v) is 9.61. The fourth-order valence-electron chi connectivity index (χ4n) is 2.86. The molecule has 2 aromatic carbocycles. The van der Waals surface area contributed by atoms with Crippen LogP contribution < -0.4 is 0 Å². The fourth-order valence-corrected chi connectivity index (χ4v) is 3.82. The van der Waals surface area contributed by atoms with E-state index in [4.69, 9.17) is 4.98 Å². The molecule has 0 N–H and O–H groups in total. The first kappa shape index (κ1) is 17.5. The molecule has 2 heterocycles. The van der Waals surface area contributed by atoms with E-state index in [-0.39, 0.29) is 5.82 Å². The highest BCUT2D eigenvalue weighted by molar-refractivity contribution is 7.98. The summed E-state index contributed by atoms with van der Waals surface area (Å²) in [6.07, 6.45) is 3.62. The number of hydrogen-bond acceptors (Lipinski definition) is 3. The van der Waals surface area contributed by atoms with Gasteiger partial charge in [-0.25, -0.2) is 14.4 Å². The molecule has 0 atom stereocenters. The van der Waals surface area contributed by atoms with Crippen molar-refractivity contribution < 1.29 is 4.39 Å². The van der Waals surface area contributed by atoms with E-state index in [1.165, 1.54) is 17.7 Å². The van der Waals surface area contributed by atoms with Gasteiger partial charge in [0.1, 0.15) is 11.3 Å². The van der Waals surface area contributed by atoms with Gasteiger partial charge < -0.3 is 0 Å². The Morgan fingerprint density at radius 3 is 2.48 bits per heavy atom. The quantitative estimate of drug-likeness (QED) is 0.414. The molecule has 0 fully saturated rings. The van der Waals surface area contributed by atoms with Crippen molar-refractivity contribution in [2.75, 3.05) is 0 Å². The number of hydrogen-bond donors (Lipinski definition) is 0. The average molecular weight is 375 g/mol. The number of aromatic nitrogens is 3. The molecule has 27 heavy (non-hydrogen) atoms. The SMILES string of the molecule is C=Cc1ccc(Cn2c(SCc3ccc(F)cc3)nc3cccnc32)cc1. The molecule has 4 aromatic rings. The zero-order valence-electron chi connectivity index (χ0n) is 14.7. The third-order valence-electron chi connectivity index (χ3n) is 4.31. The second kappa shape index (κ2) is 7.76. The van der Waals surface area contributed by atoms with E-state index in [0.29, 0.717) is 6.54 Å². The molecule has 2 aromatic heterocycles. The van der Waals surface area contributed by atoms with Crippen molar-refractivity contribution in [3.63, 3.8) is 0 Å². The molecule has 0 aliphatic carbocycles. The average Bonchev–Trinajstić information content (AvgIpc) is 3.06. The minimum Gasteiger partial charge on any atom is -0.299 e. The lowest BCUT2D eigenvalue weighted by Crippen LogP contribution is -2.02. The lowest BCUT2D eigenvalue weighted by atomic mass is 10.1. The Morgan fingerprint density at radius 1 is 1.00 bits per heavy atom. The maximum atomic E-state index is 13.1. The van der Waals surface area contributed by atoms with Crippen LogP contribution in [-0.4, -0.2) is 14.5 Å². The van der Waals surface area contributed by atoms with Gasteiger partial charge >= 0.3 is 0 Å². The summed E-state index contributed by atoms with van der Waals surface area (Å²) >= 11 is 1.63. The number of halogens is 1. The van der Waals surface area contributed by atoms with Gasteiger partial charge in [-0.3, -0.25) is 4.57 Å². The van der Waals surface area contributed by atoms with Crippen LogP contribution in [0.1, 0.15) is 16.7 Å². The third kappa shape index (κ3) is 3.93. The number of imidazole rings is 1. The van der Waals surface area contributed by atoms with E-state index in [9.17, 15) is 4.39 Å². The number of benzene rings is 2. The molecule has 0 aliphatic rings. The van der Waals surface area contributed by atoms with Gasteiger partial charge in [-0.05, 0) is 41.0 Å². The van der Waals surface area contributed by atoms with Crippen molar-refractivity contribution in [1.29, 1.82) is 0 Å². The van der Waals surface area contributed by atoms with E-state index >= 15 is 0 Å². The van der Waals surface area contributed by atoms with Crippen molar-refractivity contribution in [2.24, 2.45) is 0 Å². The van der Waals surface area contributed by atoms with Crippen LogP contribution in [0.4, 0.5) is 4.39 Å². The van der Waals surface area contributed by atoms with Crippen molar-refractivity contribution in [2.45, 2.75) is 17.5 Å². The van der Waals surface area contributed by atoms with Gasteiger partial charge in [-0.2, -0.15) is 0 Å². The van der Waals surface area contributed by atoms with E-state index in [0.717, 1.165) is 33.2 Å². The van der Waals surface area contributed by atoms with Gasteiger partial charge in [0.2, 0.25) is 0 Å². The molecule has 0 bridgehead atoms. The summed E-state index contributed by atoms with van der Waals surface area (Å²) in [5.41, 5.74) is 5.07. The van der Waals surface area contributed by atoms with Crippen LogP contribution in [0.5, 0.6) is 0 Å². The summed E-state index contributed by atoms with van der Waals surface area (Å²) in [5, 5.41) is 0.904. The maximum absolute atomic E-state index is 13.1. The first-order chi connectivity index (χ1) is 13.2. The van der Waals surface area contributed by atoms with Crippen LogP contribution in [0.15, 0.2) is 78.6 Å². The predicted molar refractivity (Wildman–Crippen MR) is 109 cm³/mol. The lowest BCUT2D eigenvalue weighted by molar-refractivity contribution is 0.627. The first-order valence-electron chi connectivity index (χ1n) is 8.63. The molecule has 4 rings (SSSR count). The van der Waals surface area contributed by atoms with Crippen LogP contribution >= 0.6 is 11.8 Å². The number of nitrogens with zero attached hydrogens (tertiary/aromatic N) is 3. The fraction of sp³-hybridized carbons (Fsp3) is 0.0909. The van der Waals surface area contributed by atoms with Gasteiger partial charge in [0, 0.05) is 11.9 Å². The summed E-state index contributed by atoms with van der Waals surface area (Å²) in [6.45, 7) is 4.49. The molecule has 0 amide bonds. The molecular weight excluding hydrogens is 357 g/mol. The highest BCUT2D eigenvalue weighted by atomic mass is 32.2. The van der Waals surface area contributed by atoms with Gasteiger partial charge in [-0.1, -0.05) is 60.8 Å². The number of thioether (sulfide) groups is 1. The normalized spacial score (nSPS) is 11.0. The highest BCUT2D eigenvalue weighted by Crippen LogP contribution is 2.27. The van der Waals surface area contributed by atoms with Crippen LogP contribution in [-0.2, 0) is 12.3 Å². The van der Waals surface area contributed by atoms with Crippen LogP contribution in [0.25, 0.3) is 17.2 Å². The van der Waals surface area contributed by atoms with Gasteiger partial charge in [0.15, 0.2) is 10.8 Å². The standard InChI is InChI=1S/C22H18FN3S/c1-2-16-5-7-17(8-6-16)14-26-21-20(4-3-13-24-21)25-22(26)27-15-18-9-11-19(23)12-10-18/h2-13H,1,14-15H2. The summed E-state index contributed by atoms with van der Waals surface area (Å²) in [7, 11) is 0. The second-order valence-electron chi connectivity index (χ2n) is 6.19. The summed E-state index contributed by atoms with van der Waals surface area (Å²) in [5.74, 6) is 0.502. The Labute approximate surface area is 161 Å². The third-order valence-corrected chi connectivity index (χ3v) is 5.35. The van der Waals surface area contributed by atoms with Gasteiger partial charge in [-0.15, -0.1) is 0 Å². The molecule has 3 nitrogen and oxygen atoms in total. The minimum absolute atomic E-state index is 0.219. The number of fused-ring (bicyclic) bond motifs is 1. The van der Waals surface area contributed by atoms with Crippen LogP contribution in [0.3, 0.4) is 0 Å². The molecule has 0 radical (unpaired) electrons. The minimum atomic E-state index is -0.219. The molecule has 0 spiro atoms. The largest absolute Gasteiger partial charge is 0.299 e. The number of rotatable bonds is 6. The van der Waals surface area contributed by atoms with Crippen LogP contribution in [0, 0.1) is 5.82 Å².